The van der Waals surface area contributed by atoms with Gasteiger partial charge in [-0.25, -0.2) is 0 Å². The van der Waals surface area contributed by atoms with Gasteiger partial charge in [0.25, 0.3) is 0 Å². The van der Waals surface area contributed by atoms with E-state index in [2.05, 4.69) is 30.7 Å². The summed E-state index contributed by atoms with van der Waals surface area (Å²) in [6, 6.07) is 0. The van der Waals surface area contributed by atoms with Gasteiger partial charge in [-0.05, 0) is 11.7 Å². The molecule has 2 nitrogen and oxygen atoms in total. The van der Waals surface area contributed by atoms with E-state index in [1.165, 1.54) is 0 Å². The van der Waals surface area contributed by atoms with Crippen molar-refractivity contribution in [3.63, 3.8) is 0 Å². The van der Waals surface area contributed by atoms with Crippen LogP contribution >= 0.6 is 11.8 Å². The standard InChI is InChI=1S/C7H16N2S/c1-7(2)4-8-6(10-3)9-5-7/h6,8-9H,4-5H2,1-3H3. The topological polar surface area (TPSA) is 24.1 Å². The van der Waals surface area contributed by atoms with Crippen LogP contribution in [0.1, 0.15) is 13.8 Å². The lowest BCUT2D eigenvalue weighted by Crippen LogP contribution is -2.54. The van der Waals surface area contributed by atoms with E-state index in [4.69, 9.17) is 0 Å². The van der Waals surface area contributed by atoms with Crippen molar-refractivity contribution < 1.29 is 0 Å². The van der Waals surface area contributed by atoms with Crippen molar-refractivity contribution in [2.24, 2.45) is 5.41 Å². The summed E-state index contributed by atoms with van der Waals surface area (Å²) >= 11 is 1.82. The molecule has 0 unspecified atom stereocenters. The Morgan fingerprint density at radius 1 is 1.30 bits per heavy atom. The molecule has 0 atom stereocenters. The van der Waals surface area contributed by atoms with Gasteiger partial charge in [-0.15, -0.1) is 11.8 Å². The first-order valence-corrected chi connectivity index (χ1v) is 4.92. The van der Waals surface area contributed by atoms with E-state index in [1.54, 1.807) is 0 Å². The highest BCUT2D eigenvalue weighted by atomic mass is 32.2. The Morgan fingerprint density at radius 3 is 2.20 bits per heavy atom. The van der Waals surface area contributed by atoms with Crippen LogP contribution in [-0.2, 0) is 0 Å². The predicted molar refractivity (Wildman–Crippen MR) is 47.1 cm³/mol. The first-order valence-electron chi connectivity index (χ1n) is 3.64. The largest absolute Gasteiger partial charge is 0.293 e. The summed E-state index contributed by atoms with van der Waals surface area (Å²) in [6.07, 6.45) is 2.11. The van der Waals surface area contributed by atoms with Crippen molar-refractivity contribution in [3.8, 4) is 0 Å². The zero-order valence-corrected chi connectivity index (χ0v) is 7.72. The number of rotatable bonds is 1. The van der Waals surface area contributed by atoms with Gasteiger partial charge in [-0.2, -0.15) is 0 Å². The van der Waals surface area contributed by atoms with Gasteiger partial charge in [0.15, 0.2) is 0 Å². The Balaban J connectivity index is 2.31. The minimum absolute atomic E-state index is 0.423. The van der Waals surface area contributed by atoms with Gasteiger partial charge in [-0.3, -0.25) is 10.6 Å². The minimum Gasteiger partial charge on any atom is -0.293 e. The van der Waals surface area contributed by atoms with Crippen LogP contribution in [0.2, 0.25) is 0 Å². The Hall–Kier alpha value is 0.270. The van der Waals surface area contributed by atoms with E-state index in [9.17, 15) is 0 Å². The molecule has 0 aromatic carbocycles. The third kappa shape index (κ3) is 2.15. The highest BCUT2D eigenvalue weighted by Gasteiger charge is 2.24. The van der Waals surface area contributed by atoms with Crippen molar-refractivity contribution >= 4 is 11.8 Å². The lowest BCUT2D eigenvalue weighted by atomic mass is 9.92. The fourth-order valence-electron chi connectivity index (χ4n) is 1.04. The van der Waals surface area contributed by atoms with Crippen LogP contribution in [0.3, 0.4) is 0 Å². The van der Waals surface area contributed by atoms with Crippen molar-refractivity contribution in [1.29, 1.82) is 0 Å². The van der Waals surface area contributed by atoms with Crippen LogP contribution in [0, 0.1) is 5.41 Å². The highest BCUT2D eigenvalue weighted by Crippen LogP contribution is 2.17. The van der Waals surface area contributed by atoms with Gasteiger partial charge in [0.2, 0.25) is 0 Å². The summed E-state index contributed by atoms with van der Waals surface area (Å²) in [6.45, 7) is 6.77. The molecule has 2 N–H and O–H groups in total. The number of hydrogen-bond acceptors (Lipinski definition) is 3. The zero-order valence-electron chi connectivity index (χ0n) is 6.90. The Bertz CT molecular complexity index is 104. The molecule has 0 aromatic rings. The van der Waals surface area contributed by atoms with Crippen LogP contribution in [0.5, 0.6) is 0 Å². The lowest BCUT2D eigenvalue weighted by Gasteiger charge is -2.35. The van der Waals surface area contributed by atoms with E-state index in [0.29, 0.717) is 10.9 Å². The maximum absolute atomic E-state index is 3.41. The van der Waals surface area contributed by atoms with E-state index >= 15 is 0 Å². The van der Waals surface area contributed by atoms with Gasteiger partial charge in [0.1, 0.15) is 5.50 Å². The molecule has 0 radical (unpaired) electrons. The number of nitrogens with one attached hydrogen (secondary N) is 2. The molecule has 1 saturated heterocycles. The summed E-state index contributed by atoms with van der Waals surface area (Å²) in [5.41, 5.74) is 0.889. The molecule has 10 heavy (non-hydrogen) atoms. The zero-order chi connectivity index (χ0) is 7.61. The fraction of sp³-hybridized carbons (Fsp3) is 1.00. The minimum atomic E-state index is 0.423. The van der Waals surface area contributed by atoms with E-state index in [0.717, 1.165) is 13.1 Å². The summed E-state index contributed by atoms with van der Waals surface area (Å²) in [7, 11) is 0. The summed E-state index contributed by atoms with van der Waals surface area (Å²) in [4.78, 5) is 0. The summed E-state index contributed by atoms with van der Waals surface area (Å²) in [5.74, 6) is 0. The third-order valence-corrected chi connectivity index (χ3v) is 2.57. The molecule has 0 saturated carbocycles. The predicted octanol–water partition coefficient (Wildman–Crippen LogP) is 0.852. The van der Waals surface area contributed by atoms with Crippen LogP contribution in [0.15, 0.2) is 0 Å². The fourth-order valence-corrected chi connectivity index (χ4v) is 1.54. The van der Waals surface area contributed by atoms with Crippen LogP contribution in [-0.4, -0.2) is 24.8 Å². The quantitative estimate of drug-likeness (QED) is 0.595. The maximum atomic E-state index is 3.41. The second-order valence-corrected chi connectivity index (χ2v) is 4.48. The molecule has 1 aliphatic heterocycles. The van der Waals surface area contributed by atoms with Crippen molar-refractivity contribution in [2.45, 2.75) is 19.3 Å². The van der Waals surface area contributed by atoms with Crippen molar-refractivity contribution in [2.75, 3.05) is 19.3 Å². The van der Waals surface area contributed by atoms with Crippen molar-refractivity contribution in [1.82, 2.24) is 10.6 Å². The molecule has 3 heteroatoms. The maximum Gasteiger partial charge on any atom is 0.105 e. The van der Waals surface area contributed by atoms with E-state index in [1.807, 2.05) is 11.8 Å². The Morgan fingerprint density at radius 2 is 1.80 bits per heavy atom. The van der Waals surface area contributed by atoms with E-state index < -0.39 is 0 Å². The molecule has 1 aliphatic rings. The van der Waals surface area contributed by atoms with Gasteiger partial charge in [0.05, 0.1) is 0 Å². The molecular weight excluding hydrogens is 144 g/mol. The monoisotopic (exact) mass is 160 g/mol. The molecule has 0 bridgehead atoms. The number of hydrogen-bond donors (Lipinski definition) is 2. The molecule has 60 valence electrons. The second kappa shape index (κ2) is 3.11. The third-order valence-electron chi connectivity index (χ3n) is 1.77. The average Bonchev–Trinajstić information content (AvgIpc) is 1.88. The average molecular weight is 160 g/mol. The summed E-state index contributed by atoms with van der Waals surface area (Å²) < 4.78 is 0. The molecule has 1 heterocycles. The highest BCUT2D eigenvalue weighted by molar-refractivity contribution is 7.99. The van der Waals surface area contributed by atoms with E-state index in [-0.39, 0.29) is 0 Å². The molecule has 1 rings (SSSR count). The molecule has 0 aliphatic carbocycles. The molecule has 0 spiro atoms. The van der Waals surface area contributed by atoms with Crippen LogP contribution in [0.25, 0.3) is 0 Å². The second-order valence-electron chi connectivity index (χ2n) is 3.54. The molecule has 0 amide bonds. The Labute approximate surface area is 67.1 Å². The molecular formula is C7H16N2S. The SMILES string of the molecule is CSC1NCC(C)(C)CN1. The lowest BCUT2D eigenvalue weighted by molar-refractivity contribution is 0.257. The van der Waals surface area contributed by atoms with Gasteiger partial charge in [0, 0.05) is 13.1 Å². The van der Waals surface area contributed by atoms with Crippen molar-refractivity contribution in [3.05, 3.63) is 0 Å². The molecule has 1 fully saturated rings. The smallest absolute Gasteiger partial charge is 0.105 e. The first-order chi connectivity index (χ1) is 4.64. The van der Waals surface area contributed by atoms with Gasteiger partial charge < -0.3 is 0 Å². The molecule has 0 aromatic heterocycles. The van der Waals surface area contributed by atoms with Gasteiger partial charge >= 0.3 is 0 Å². The van der Waals surface area contributed by atoms with Gasteiger partial charge in [-0.1, -0.05) is 13.8 Å². The van der Waals surface area contributed by atoms with Crippen LogP contribution < -0.4 is 10.6 Å². The number of thioether (sulfide) groups is 1. The first kappa shape index (κ1) is 8.37. The summed E-state index contributed by atoms with van der Waals surface area (Å²) in [5, 5.41) is 6.82. The normalized spacial score (nSPS) is 26.7. The Kier molecular flexibility index (Phi) is 2.61. The van der Waals surface area contributed by atoms with Crippen LogP contribution in [0.4, 0.5) is 0 Å².